The molecule has 126 valence electrons. The second-order valence-electron chi connectivity index (χ2n) is 5.17. The molecule has 2 aromatic rings. The molecule has 8 heteroatoms. The van der Waals surface area contributed by atoms with Gasteiger partial charge in [-0.15, -0.1) is 0 Å². The number of rotatable bonds is 5. The van der Waals surface area contributed by atoms with Gasteiger partial charge in [0.25, 0.3) is 0 Å². The van der Waals surface area contributed by atoms with E-state index in [1.165, 1.54) is 19.1 Å². The molecular weight excluding hydrogens is 354 g/mol. The summed E-state index contributed by atoms with van der Waals surface area (Å²) in [5.41, 5.74) is 0. The average molecular weight is 368 g/mol. The van der Waals surface area contributed by atoms with Gasteiger partial charge in [-0.2, -0.15) is 4.31 Å². The van der Waals surface area contributed by atoms with Crippen molar-refractivity contribution in [2.24, 2.45) is 0 Å². The minimum Gasteiger partial charge on any atom is -0.457 e. The van der Waals surface area contributed by atoms with Crippen molar-refractivity contribution in [3.05, 3.63) is 53.6 Å². The zero-order valence-electron chi connectivity index (χ0n) is 12.7. The molecule has 6 nitrogen and oxygen atoms in total. The number of sulfonamides is 1. The molecule has 1 heterocycles. The Morgan fingerprint density at radius 1 is 1.08 bits per heavy atom. The van der Waals surface area contributed by atoms with Crippen molar-refractivity contribution in [1.29, 1.82) is 0 Å². The summed E-state index contributed by atoms with van der Waals surface area (Å²) in [5, 5.41) is 0.601. The monoisotopic (exact) mass is 367 g/mol. The summed E-state index contributed by atoms with van der Waals surface area (Å²) in [7, 11) is -3.67. The smallest absolute Gasteiger partial charge is 0.304 e. The number of carbonyl (C=O) groups excluding carboxylic acids is 1. The maximum absolute atomic E-state index is 12.4. The summed E-state index contributed by atoms with van der Waals surface area (Å²) < 4.78 is 36.3. The number of hydrogen-bond acceptors (Lipinski definition) is 5. The molecule has 2 atom stereocenters. The van der Waals surface area contributed by atoms with Crippen LogP contribution in [0, 0.1) is 0 Å². The fourth-order valence-electron chi connectivity index (χ4n) is 2.10. The van der Waals surface area contributed by atoms with Crippen LogP contribution in [-0.2, 0) is 19.6 Å². The van der Waals surface area contributed by atoms with Gasteiger partial charge >= 0.3 is 5.97 Å². The highest BCUT2D eigenvalue weighted by atomic mass is 35.5. The lowest BCUT2D eigenvalue weighted by Gasteiger charge is -2.08. The van der Waals surface area contributed by atoms with Crippen LogP contribution in [0.5, 0.6) is 11.5 Å². The molecule has 3 rings (SSSR count). The first-order valence-corrected chi connectivity index (χ1v) is 8.90. The average Bonchev–Trinajstić information content (AvgIpc) is 3.29. The third-order valence-corrected chi connectivity index (χ3v) is 5.43. The standard InChI is InChI=1S/C16H14ClNO5S/c1-11(19)22-16-10-18(16)24(20,21)15-8-6-14(7-9-15)23-13-4-2-12(17)3-5-13/h2-9,16H,10H2,1H3/t16?,18-/m1/s1. The number of carbonyl (C=O) groups is 1. The Morgan fingerprint density at radius 2 is 1.62 bits per heavy atom. The van der Waals surface area contributed by atoms with E-state index < -0.39 is 22.2 Å². The molecule has 0 N–H and O–H groups in total. The lowest BCUT2D eigenvalue weighted by molar-refractivity contribution is -0.143. The first kappa shape index (κ1) is 16.8. The summed E-state index contributed by atoms with van der Waals surface area (Å²) in [6.45, 7) is 1.41. The Kier molecular flexibility index (Phi) is 4.49. The van der Waals surface area contributed by atoms with Gasteiger partial charge in [0.2, 0.25) is 10.0 Å². The molecule has 1 unspecified atom stereocenters. The van der Waals surface area contributed by atoms with Crippen LogP contribution in [0.2, 0.25) is 5.02 Å². The van der Waals surface area contributed by atoms with E-state index in [9.17, 15) is 13.2 Å². The molecule has 0 radical (unpaired) electrons. The quantitative estimate of drug-likeness (QED) is 0.600. The third-order valence-electron chi connectivity index (χ3n) is 3.31. The predicted octanol–water partition coefficient (Wildman–Crippen LogP) is 3.03. The van der Waals surface area contributed by atoms with Gasteiger partial charge in [-0.1, -0.05) is 11.6 Å². The van der Waals surface area contributed by atoms with Crippen LogP contribution in [0.3, 0.4) is 0 Å². The molecule has 0 bridgehead atoms. The molecule has 2 aromatic carbocycles. The molecule has 1 aliphatic heterocycles. The molecule has 0 saturated carbocycles. The Bertz CT molecular complexity index is 849. The number of nitrogens with zero attached hydrogens (tertiary/aromatic N) is 1. The zero-order chi connectivity index (χ0) is 17.3. The van der Waals surface area contributed by atoms with Crippen molar-refractivity contribution in [2.75, 3.05) is 6.54 Å². The largest absolute Gasteiger partial charge is 0.457 e. The summed E-state index contributed by atoms with van der Waals surface area (Å²) in [5.74, 6) is 0.582. The van der Waals surface area contributed by atoms with Gasteiger partial charge in [0, 0.05) is 11.9 Å². The van der Waals surface area contributed by atoms with Crippen LogP contribution in [0.15, 0.2) is 53.4 Å². The number of ether oxygens (including phenoxy) is 2. The molecular formula is C16H14ClNO5S. The van der Waals surface area contributed by atoms with Crippen LogP contribution in [-0.4, -0.2) is 31.5 Å². The predicted molar refractivity (Wildman–Crippen MR) is 87.4 cm³/mol. The Morgan fingerprint density at radius 3 is 2.17 bits per heavy atom. The number of esters is 1. The van der Waals surface area contributed by atoms with Crippen LogP contribution < -0.4 is 4.74 Å². The summed E-state index contributed by atoms with van der Waals surface area (Å²) in [6.07, 6.45) is -0.711. The van der Waals surface area contributed by atoms with Gasteiger partial charge < -0.3 is 9.47 Å². The van der Waals surface area contributed by atoms with E-state index in [1.54, 1.807) is 36.4 Å². The minimum atomic E-state index is -3.67. The number of halogens is 1. The van der Waals surface area contributed by atoms with Crippen LogP contribution in [0.4, 0.5) is 0 Å². The summed E-state index contributed by atoms with van der Waals surface area (Å²) >= 11 is 5.81. The van der Waals surface area contributed by atoms with Crippen molar-refractivity contribution < 1.29 is 22.7 Å². The van der Waals surface area contributed by atoms with Gasteiger partial charge in [-0.25, -0.2) is 8.42 Å². The minimum absolute atomic E-state index is 0.112. The summed E-state index contributed by atoms with van der Waals surface area (Å²) in [4.78, 5) is 11.0. The maximum Gasteiger partial charge on any atom is 0.304 e. The molecule has 0 aliphatic carbocycles. The van der Waals surface area contributed by atoms with Crippen molar-refractivity contribution in [3.63, 3.8) is 0 Å². The number of benzene rings is 2. The first-order valence-electron chi connectivity index (χ1n) is 7.09. The van der Waals surface area contributed by atoms with Crippen molar-refractivity contribution in [3.8, 4) is 11.5 Å². The van der Waals surface area contributed by atoms with E-state index in [-0.39, 0.29) is 11.4 Å². The second-order valence-corrected chi connectivity index (χ2v) is 7.49. The Labute approximate surface area is 144 Å². The highest BCUT2D eigenvalue weighted by molar-refractivity contribution is 7.89. The molecule has 0 amide bonds. The highest BCUT2D eigenvalue weighted by Gasteiger charge is 2.47. The number of hydrogen-bond donors (Lipinski definition) is 0. The zero-order valence-corrected chi connectivity index (χ0v) is 14.3. The van der Waals surface area contributed by atoms with Gasteiger partial charge in [0.1, 0.15) is 11.5 Å². The highest BCUT2D eigenvalue weighted by Crippen LogP contribution is 2.31. The molecule has 0 spiro atoms. The molecule has 1 fully saturated rings. The molecule has 1 saturated heterocycles. The lowest BCUT2D eigenvalue weighted by Crippen LogP contribution is -2.17. The van der Waals surface area contributed by atoms with Gasteiger partial charge in [-0.3, -0.25) is 4.79 Å². The SMILES string of the molecule is CC(=O)OC1C[N@@]1S(=O)(=O)c1ccc(Oc2ccc(Cl)cc2)cc1. The second kappa shape index (κ2) is 6.43. The third kappa shape index (κ3) is 3.69. The van der Waals surface area contributed by atoms with Crippen LogP contribution in [0.25, 0.3) is 0 Å². The fraction of sp³-hybridized carbons (Fsp3) is 0.188. The normalized spacial score (nSPS) is 19.6. The maximum atomic E-state index is 12.4. The van der Waals surface area contributed by atoms with E-state index in [2.05, 4.69) is 0 Å². The summed E-state index contributed by atoms with van der Waals surface area (Å²) in [6, 6.07) is 12.8. The molecule has 0 aromatic heterocycles. The first-order chi connectivity index (χ1) is 11.4. The van der Waals surface area contributed by atoms with E-state index in [0.29, 0.717) is 16.5 Å². The van der Waals surface area contributed by atoms with Crippen molar-refractivity contribution >= 4 is 27.6 Å². The molecule has 1 aliphatic rings. The van der Waals surface area contributed by atoms with Gasteiger partial charge in [0.05, 0.1) is 11.4 Å². The van der Waals surface area contributed by atoms with E-state index in [4.69, 9.17) is 21.1 Å². The molecule has 24 heavy (non-hydrogen) atoms. The Balaban J connectivity index is 1.70. The van der Waals surface area contributed by atoms with Crippen LogP contribution >= 0.6 is 11.6 Å². The van der Waals surface area contributed by atoms with Crippen molar-refractivity contribution in [1.82, 2.24) is 4.31 Å². The van der Waals surface area contributed by atoms with E-state index >= 15 is 0 Å². The van der Waals surface area contributed by atoms with Crippen molar-refractivity contribution in [2.45, 2.75) is 18.0 Å². The van der Waals surface area contributed by atoms with E-state index in [1.807, 2.05) is 0 Å². The lowest BCUT2D eigenvalue weighted by atomic mass is 10.3. The van der Waals surface area contributed by atoms with Gasteiger partial charge in [0.15, 0.2) is 6.23 Å². The van der Waals surface area contributed by atoms with E-state index in [0.717, 1.165) is 4.31 Å². The topological polar surface area (TPSA) is 72.7 Å². The fourth-order valence-corrected chi connectivity index (χ4v) is 3.65. The van der Waals surface area contributed by atoms with Crippen LogP contribution in [0.1, 0.15) is 6.92 Å². The van der Waals surface area contributed by atoms with Gasteiger partial charge in [-0.05, 0) is 48.5 Å². The Hall–Kier alpha value is -2.09.